The van der Waals surface area contributed by atoms with Crippen molar-refractivity contribution in [3.05, 3.63) is 45.7 Å². The van der Waals surface area contributed by atoms with Crippen molar-refractivity contribution in [1.29, 1.82) is 0 Å². The van der Waals surface area contributed by atoms with Crippen LogP contribution in [0.3, 0.4) is 0 Å². The lowest BCUT2D eigenvalue weighted by molar-refractivity contribution is -0.118. The fourth-order valence-corrected chi connectivity index (χ4v) is 3.91. The van der Waals surface area contributed by atoms with Crippen LogP contribution in [0.25, 0.3) is 0 Å². The second kappa shape index (κ2) is 7.37. The maximum Gasteiger partial charge on any atom is 0.264 e. The molecular weight excluding hydrogens is 355 g/mol. The minimum atomic E-state index is -4.13. The number of methoxy groups -OCH3 is 1. The third kappa shape index (κ3) is 4.59. The molecule has 1 N–H and O–H groups in total. The predicted molar refractivity (Wildman–Crippen MR) is 87.7 cm³/mol. The Balaban J connectivity index is 2.09. The molecule has 0 saturated heterocycles. The van der Waals surface area contributed by atoms with Gasteiger partial charge in [0, 0.05) is 12.5 Å². The topological polar surface area (TPSA) is 85.4 Å². The number of sulfonamides is 1. The summed E-state index contributed by atoms with van der Waals surface area (Å²) in [5.74, 6) is -1.42. The Morgan fingerprint density at radius 3 is 2.75 bits per heavy atom. The normalized spacial score (nSPS) is 12.8. The van der Waals surface area contributed by atoms with Crippen LogP contribution in [-0.2, 0) is 26.0 Å². The first-order valence-electron chi connectivity index (χ1n) is 7.01. The van der Waals surface area contributed by atoms with Crippen LogP contribution >= 0.6 is 11.3 Å². The van der Waals surface area contributed by atoms with E-state index < -0.39 is 21.7 Å². The molecule has 0 spiro atoms. The summed E-state index contributed by atoms with van der Waals surface area (Å²) in [4.78, 5) is 15.9. The fraction of sp³-hybridized carbons (Fsp3) is 0.333. The molecule has 0 unspecified atom stereocenters. The highest BCUT2D eigenvalue weighted by atomic mass is 32.2. The Kier molecular flexibility index (Phi) is 5.68. The van der Waals surface area contributed by atoms with Crippen molar-refractivity contribution in [2.45, 2.75) is 31.3 Å². The number of nitrogens with one attached hydrogen (secondary N) is 1. The number of aryl methyl sites for hydroxylation is 1. The van der Waals surface area contributed by atoms with E-state index in [1.807, 2.05) is 11.6 Å². The Morgan fingerprint density at radius 1 is 1.42 bits per heavy atom. The van der Waals surface area contributed by atoms with Crippen molar-refractivity contribution in [3.8, 4) is 0 Å². The molecule has 0 radical (unpaired) electrons. The van der Waals surface area contributed by atoms with Crippen molar-refractivity contribution in [3.63, 3.8) is 0 Å². The number of rotatable bonds is 6. The first kappa shape index (κ1) is 18.5. The first-order chi connectivity index (χ1) is 11.2. The van der Waals surface area contributed by atoms with E-state index in [9.17, 15) is 17.6 Å². The molecule has 1 atom stereocenters. The molecule has 0 fully saturated rings. The van der Waals surface area contributed by atoms with Crippen LogP contribution in [0.2, 0.25) is 0 Å². The minimum absolute atomic E-state index is 0.194. The first-order valence-corrected chi connectivity index (χ1v) is 9.37. The second-order valence-corrected chi connectivity index (χ2v) is 7.80. The number of hydrogen-bond acceptors (Lipinski definition) is 6. The van der Waals surface area contributed by atoms with E-state index in [0.717, 1.165) is 6.07 Å². The zero-order valence-corrected chi connectivity index (χ0v) is 15.0. The van der Waals surface area contributed by atoms with Gasteiger partial charge in [-0.1, -0.05) is 0 Å². The second-order valence-electron chi connectivity index (χ2n) is 5.22. The number of benzene rings is 1. The Bertz CT molecular complexity index is 829. The summed E-state index contributed by atoms with van der Waals surface area (Å²) in [7, 11) is -2.58. The van der Waals surface area contributed by atoms with Crippen LogP contribution in [0.1, 0.15) is 29.3 Å². The van der Waals surface area contributed by atoms with Gasteiger partial charge in [0.15, 0.2) is 0 Å². The summed E-state index contributed by atoms with van der Waals surface area (Å²) in [6.45, 7) is 3.39. The van der Waals surface area contributed by atoms with Gasteiger partial charge in [-0.15, -0.1) is 11.3 Å². The van der Waals surface area contributed by atoms with E-state index in [0.29, 0.717) is 16.3 Å². The lowest BCUT2D eigenvalue weighted by atomic mass is 10.2. The van der Waals surface area contributed by atoms with Gasteiger partial charge < -0.3 is 4.74 Å². The molecule has 6 nitrogen and oxygen atoms in total. The van der Waals surface area contributed by atoms with Gasteiger partial charge in [-0.2, -0.15) is 0 Å². The lowest BCUT2D eigenvalue weighted by Gasteiger charge is -2.07. The molecule has 0 aliphatic rings. The van der Waals surface area contributed by atoms with Gasteiger partial charge in [0.2, 0.25) is 5.91 Å². The number of aromatic nitrogens is 1. The highest BCUT2D eigenvalue weighted by Gasteiger charge is 2.20. The van der Waals surface area contributed by atoms with E-state index in [1.165, 1.54) is 23.5 Å². The molecule has 2 rings (SSSR count). The lowest BCUT2D eigenvalue weighted by Crippen LogP contribution is -2.32. The van der Waals surface area contributed by atoms with Crippen LogP contribution in [0.5, 0.6) is 0 Å². The van der Waals surface area contributed by atoms with Gasteiger partial charge in [0.05, 0.1) is 17.0 Å². The number of carbonyl (C=O) groups is 1. The molecule has 0 bridgehead atoms. The molecule has 130 valence electrons. The van der Waals surface area contributed by atoms with E-state index in [4.69, 9.17) is 4.74 Å². The van der Waals surface area contributed by atoms with Crippen LogP contribution in [0.4, 0.5) is 4.39 Å². The number of hydrogen-bond donors (Lipinski definition) is 1. The number of halogens is 1. The average Bonchev–Trinajstić information content (AvgIpc) is 2.93. The smallest absolute Gasteiger partial charge is 0.264 e. The Labute approximate surface area is 143 Å². The van der Waals surface area contributed by atoms with Crippen molar-refractivity contribution in [1.82, 2.24) is 9.71 Å². The van der Waals surface area contributed by atoms with Crippen LogP contribution in [0, 0.1) is 12.7 Å². The molecular formula is C15H17FN2O4S2. The zero-order valence-electron chi connectivity index (χ0n) is 13.4. The molecule has 1 aromatic heterocycles. The summed E-state index contributed by atoms with van der Waals surface area (Å²) in [6.07, 6.45) is -0.397. The quantitative estimate of drug-likeness (QED) is 0.841. The number of thiazole rings is 1. The molecule has 0 aliphatic carbocycles. The third-order valence-corrected chi connectivity index (χ3v) is 5.59. The van der Waals surface area contributed by atoms with E-state index in [-0.39, 0.29) is 17.4 Å². The maximum atomic E-state index is 13.4. The molecule has 24 heavy (non-hydrogen) atoms. The molecule has 9 heteroatoms. The van der Waals surface area contributed by atoms with E-state index >= 15 is 0 Å². The van der Waals surface area contributed by atoms with Crippen LogP contribution in [-0.4, -0.2) is 26.4 Å². The van der Waals surface area contributed by atoms with Crippen LogP contribution in [0.15, 0.2) is 28.5 Å². The van der Waals surface area contributed by atoms with Gasteiger partial charge in [-0.3, -0.25) is 4.79 Å². The highest BCUT2D eigenvalue weighted by molar-refractivity contribution is 7.90. The molecule has 0 aliphatic heterocycles. The number of nitrogens with zero attached hydrogens (tertiary/aromatic N) is 1. The summed E-state index contributed by atoms with van der Waals surface area (Å²) < 4.78 is 44.7. The van der Waals surface area contributed by atoms with Crippen molar-refractivity contribution >= 4 is 27.3 Å². The maximum absolute atomic E-state index is 13.4. The standard InChI is InChI=1S/C15H17FN2O4S2/c1-9-4-11(16)6-13(5-9)24(20,21)18-14(19)7-12-8-23-15(17-12)10(2)22-3/h4-6,8,10H,7H2,1-3H3,(H,18,19)/t10-/m0/s1. The summed E-state index contributed by atoms with van der Waals surface area (Å²) in [6, 6.07) is 3.36. The van der Waals surface area contributed by atoms with Crippen molar-refractivity contribution in [2.75, 3.05) is 7.11 Å². The van der Waals surface area contributed by atoms with Gasteiger partial charge in [-0.25, -0.2) is 22.5 Å². The van der Waals surface area contributed by atoms with Gasteiger partial charge >= 0.3 is 0 Å². The molecule has 2 aromatic rings. The number of ether oxygens (including phenoxy) is 1. The van der Waals surface area contributed by atoms with Crippen LogP contribution < -0.4 is 4.72 Å². The molecule has 1 heterocycles. The molecule has 0 saturated carbocycles. The predicted octanol–water partition coefficient (Wildman–Crippen LogP) is 2.35. The molecule has 1 aromatic carbocycles. The van der Waals surface area contributed by atoms with E-state index in [1.54, 1.807) is 19.4 Å². The van der Waals surface area contributed by atoms with E-state index in [2.05, 4.69) is 4.98 Å². The van der Waals surface area contributed by atoms with Gasteiger partial charge in [-0.05, 0) is 37.6 Å². The number of amides is 1. The Hall–Kier alpha value is -1.84. The van der Waals surface area contributed by atoms with Gasteiger partial charge in [0.1, 0.15) is 16.9 Å². The van der Waals surface area contributed by atoms with Crippen molar-refractivity contribution < 1.29 is 22.3 Å². The molecule has 1 amide bonds. The monoisotopic (exact) mass is 372 g/mol. The minimum Gasteiger partial charge on any atom is -0.375 e. The zero-order chi connectivity index (χ0) is 17.9. The highest BCUT2D eigenvalue weighted by Crippen LogP contribution is 2.20. The SMILES string of the molecule is CO[C@@H](C)c1nc(CC(=O)NS(=O)(=O)c2cc(C)cc(F)c2)cs1. The Morgan fingerprint density at radius 2 is 2.12 bits per heavy atom. The summed E-state index contributed by atoms with van der Waals surface area (Å²) in [5, 5.41) is 2.37. The summed E-state index contributed by atoms with van der Waals surface area (Å²) >= 11 is 1.33. The average molecular weight is 372 g/mol. The van der Waals surface area contributed by atoms with Gasteiger partial charge in [0.25, 0.3) is 10.0 Å². The number of carbonyl (C=O) groups excluding carboxylic acids is 1. The fourth-order valence-electron chi connectivity index (χ4n) is 1.96. The van der Waals surface area contributed by atoms with Crippen molar-refractivity contribution in [2.24, 2.45) is 0 Å². The third-order valence-electron chi connectivity index (χ3n) is 3.19. The summed E-state index contributed by atoms with van der Waals surface area (Å²) in [5.41, 5.74) is 0.891. The largest absolute Gasteiger partial charge is 0.375 e.